The zero-order chi connectivity index (χ0) is 26.3. The molecule has 1 heterocycles. The van der Waals surface area contributed by atoms with E-state index in [-0.39, 0.29) is 44.1 Å². The molecule has 1 amide bonds. The number of nitrogens with zero attached hydrogens (tertiary/aromatic N) is 2. The number of carbonyl (C=O) groups is 3. The highest BCUT2D eigenvalue weighted by Gasteiger charge is 2.67. The molecular formula is C25H33N3O8. The number of likely N-dealkylation sites (tertiary alicyclic amines) is 1. The van der Waals surface area contributed by atoms with Crippen LogP contribution in [0.5, 0.6) is 0 Å². The molecule has 11 heteroatoms. The Bertz CT molecular complexity index is 1010. The molecule has 1 saturated carbocycles. The zero-order valence-electron chi connectivity index (χ0n) is 20.7. The molecule has 4 atom stereocenters. The summed E-state index contributed by atoms with van der Waals surface area (Å²) in [6, 6.07) is 8.56. The minimum Gasteiger partial charge on any atom is -0.463 e. The highest BCUT2D eigenvalue weighted by atomic mass is 16.7. The van der Waals surface area contributed by atoms with Crippen molar-refractivity contribution in [1.29, 1.82) is 0 Å². The van der Waals surface area contributed by atoms with Crippen LogP contribution in [0.2, 0.25) is 0 Å². The number of oxime groups is 1. The summed E-state index contributed by atoms with van der Waals surface area (Å²) in [5.41, 5.74) is 6.39. The average Bonchev–Trinajstić information content (AvgIpc) is 3.13. The van der Waals surface area contributed by atoms with Crippen LogP contribution < -0.4 is 5.73 Å². The fourth-order valence-corrected chi connectivity index (χ4v) is 5.00. The van der Waals surface area contributed by atoms with E-state index in [1.165, 1.54) is 4.90 Å². The van der Waals surface area contributed by atoms with E-state index in [1.54, 1.807) is 13.8 Å². The van der Waals surface area contributed by atoms with Crippen molar-refractivity contribution in [2.45, 2.75) is 51.8 Å². The second-order valence-corrected chi connectivity index (χ2v) is 8.73. The van der Waals surface area contributed by atoms with Crippen LogP contribution in [0, 0.1) is 11.8 Å². The van der Waals surface area contributed by atoms with Crippen molar-refractivity contribution in [3.63, 3.8) is 0 Å². The quantitative estimate of drug-likeness (QED) is 0.0930. The van der Waals surface area contributed by atoms with Crippen LogP contribution in [0.4, 0.5) is 4.79 Å². The molecule has 3 rings (SSSR count). The van der Waals surface area contributed by atoms with Gasteiger partial charge in [-0.15, -0.1) is 0 Å². The largest absolute Gasteiger partial charge is 0.463 e. The maximum Gasteiger partial charge on any atom is 0.411 e. The fraction of sp³-hybridized carbons (Fsp3) is 0.520. The highest BCUT2D eigenvalue weighted by Crippen LogP contribution is 2.56. The van der Waals surface area contributed by atoms with Gasteiger partial charge in [0.05, 0.1) is 24.8 Å². The van der Waals surface area contributed by atoms with Gasteiger partial charge in [0.2, 0.25) is 5.76 Å². The first-order valence-electron chi connectivity index (χ1n) is 11.9. The monoisotopic (exact) mass is 503 g/mol. The third-order valence-electron chi connectivity index (χ3n) is 6.77. The van der Waals surface area contributed by atoms with E-state index in [9.17, 15) is 19.5 Å². The predicted molar refractivity (Wildman–Crippen MR) is 128 cm³/mol. The third kappa shape index (κ3) is 5.46. The molecule has 196 valence electrons. The Morgan fingerprint density at radius 1 is 1.14 bits per heavy atom. The SMILES string of the molecule is CCOC(=O)/C=C(\O/N=C(\N)C1C2CCC(CO)C2(C)N1C(=O)OCc1ccccc1)C(=O)OCC. The fourth-order valence-electron chi connectivity index (χ4n) is 5.00. The van der Waals surface area contributed by atoms with Gasteiger partial charge in [0.15, 0.2) is 5.84 Å². The molecule has 0 aromatic heterocycles. The number of rotatable bonds is 10. The van der Waals surface area contributed by atoms with Crippen molar-refractivity contribution in [1.82, 2.24) is 4.90 Å². The van der Waals surface area contributed by atoms with Crippen LogP contribution in [0.3, 0.4) is 0 Å². The van der Waals surface area contributed by atoms with Gasteiger partial charge in [-0.25, -0.2) is 14.4 Å². The number of amidine groups is 1. The molecule has 2 fully saturated rings. The standard InChI is InChI=1S/C25H33N3O8/c1-4-33-20(30)13-19(23(31)34-5-2)36-27-22(26)21-18-12-11-17(14-29)25(18,3)28(21)24(32)35-15-16-9-7-6-8-10-16/h6-10,13,17-18,21,29H,4-5,11-12,14-15H2,1-3H3,(H2,26,27)/b19-13-. The molecule has 11 nitrogen and oxygen atoms in total. The number of nitrogens with two attached hydrogens (primary N) is 1. The maximum atomic E-state index is 13.2. The van der Waals surface area contributed by atoms with Gasteiger partial charge in [-0.2, -0.15) is 0 Å². The number of aliphatic hydroxyl groups excluding tert-OH is 1. The van der Waals surface area contributed by atoms with Crippen molar-refractivity contribution in [2.24, 2.45) is 22.7 Å². The van der Waals surface area contributed by atoms with Crippen molar-refractivity contribution >= 4 is 23.9 Å². The van der Waals surface area contributed by atoms with E-state index in [4.69, 9.17) is 24.8 Å². The van der Waals surface area contributed by atoms with Crippen LogP contribution in [0.15, 0.2) is 47.3 Å². The summed E-state index contributed by atoms with van der Waals surface area (Å²) in [5.74, 6) is -2.56. The van der Waals surface area contributed by atoms with Gasteiger partial charge in [-0.1, -0.05) is 35.5 Å². The number of carbonyl (C=O) groups excluding carboxylic acids is 3. The summed E-state index contributed by atoms with van der Waals surface area (Å²) < 4.78 is 15.3. The number of benzene rings is 1. The summed E-state index contributed by atoms with van der Waals surface area (Å²) in [6.07, 6.45) is 1.62. The zero-order valence-corrected chi connectivity index (χ0v) is 20.7. The Labute approximate surface area is 209 Å². The minimum absolute atomic E-state index is 0.0498. The van der Waals surface area contributed by atoms with Gasteiger partial charge in [-0.05, 0) is 39.2 Å². The molecule has 0 radical (unpaired) electrons. The second kappa shape index (κ2) is 11.9. The van der Waals surface area contributed by atoms with Crippen LogP contribution >= 0.6 is 0 Å². The van der Waals surface area contributed by atoms with Gasteiger partial charge >= 0.3 is 18.0 Å². The van der Waals surface area contributed by atoms with E-state index < -0.39 is 35.4 Å². The number of hydrogen-bond acceptors (Lipinski definition) is 9. The summed E-state index contributed by atoms with van der Waals surface area (Å²) in [6.45, 7) is 5.24. The lowest BCUT2D eigenvalue weighted by atomic mass is 9.67. The number of hydrogen-bond donors (Lipinski definition) is 2. The number of ether oxygens (including phenoxy) is 3. The third-order valence-corrected chi connectivity index (χ3v) is 6.77. The molecule has 1 aromatic rings. The Morgan fingerprint density at radius 3 is 2.47 bits per heavy atom. The smallest absolute Gasteiger partial charge is 0.411 e. The van der Waals surface area contributed by atoms with Crippen molar-refractivity contribution in [2.75, 3.05) is 19.8 Å². The van der Waals surface area contributed by atoms with E-state index >= 15 is 0 Å². The van der Waals surface area contributed by atoms with E-state index in [2.05, 4.69) is 5.16 Å². The van der Waals surface area contributed by atoms with Gasteiger partial charge < -0.3 is 29.9 Å². The molecule has 2 aliphatic rings. The Kier molecular flexibility index (Phi) is 8.92. The van der Waals surface area contributed by atoms with Gasteiger partial charge in [0, 0.05) is 18.4 Å². The molecule has 36 heavy (non-hydrogen) atoms. The van der Waals surface area contributed by atoms with Crippen LogP contribution in [-0.4, -0.2) is 65.3 Å². The summed E-state index contributed by atoms with van der Waals surface area (Å²) in [4.78, 5) is 43.9. The molecular weight excluding hydrogens is 470 g/mol. The molecule has 1 aromatic carbocycles. The predicted octanol–water partition coefficient (Wildman–Crippen LogP) is 2.08. The van der Waals surface area contributed by atoms with Gasteiger partial charge in [-0.3, -0.25) is 4.90 Å². The molecule has 1 saturated heterocycles. The first kappa shape index (κ1) is 27.0. The van der Waals surface area contributed by atoms with Crippen LogP contribution in [0.25, 0.3) is 0 Å². The second-order valence-electron chi connectivity index (χ2n) is 8.73. The van der Waals surface area contributed by atoms with Crippen LogP contribution in [-0.2, 0) is 35.2 Å². The lowest BCUT2D eigenvalue weighted by molar-refractivity contribution is -0.144. The first-order chi connectivity index (χ1) is 17.3. The number of amides is 1. The molecule has 0 spiro atoms. The maximum absolute atomic E-state index is 13.2. The Morgan fingerprint density at radius 2 is 1.83 bits per heavy atom. The topological polar surface area (TPSA) is 150 Å². The summed E-state index contributed by atoms with van der Waals surface area (Å²) in [5, 5.41) is 13.8. The van der Waals surface area contributed by atoms with E-state index in [0.29, 0.717) is 12.8 Å². The summed E-state index contributed by atoms with van der Waals surface area (Å²) >= 11 is 0. The van der Waals surface area contributed by atoms with Gasteiger partial charge in [0.1, 0.15) is 12.6 Å². The van der Waals surface area contributed by atoms with Crippen molar-refractivity contribution in [3.8, 4) is 0 Å². The lowest BCUT2D eigenvalue weighted by Crippen LogP contribution is -2.76. The number of esters is 2. The molecule has 1 aliphatic heterocycles. The van der Waals surface area contributed by atoms with Gasteiger partial charge in [0.25, 0.3) is 0 Å². The molecule has 0 bridgehead atoms. The van der Waals surface area contributed by atoms with Crippen molar-refractivity contribution in [3.05, 3.63) is 47.7 Å². The van der Waals surface area contributed by atoms with E-state index in [1.807, 2.05) is 37.3 Å². The molecule has 1 aliphatic carbocycles. The first-order valence-corrected chi connectivity index (χ1v) is 11.9. The lowest BCUT2D eigenvalue weighted by Gasteiger charge is -2.60. The van der Waals surface area contributed by atoms with Crippen LogP contribution in [0.1, 0.15) is 39.2 Å². The Hall–Kier alpha value is -3.60. The normalized spacial score (nSPS) is 25.4. The highest BCUT2D eigenvalue weighted by molar-refractivity contribution is 5.95. The molecule has 3 N–H and O–H groups in total. The number of fused-ring (bicyclic) bond motifs is 1. The summed E-state index contributed by atoms with van der Waals surface area (Å²) in [7, 11) is 0. The average molecular weight is 504 g/mol. The minimum atomic E-state index is -0.916. The number of aliphatic hydroxyl groups is 1. The van der Waals surface area contributed by atoms with E-state index in [0.717, 1.165) is 11.6 Å². The Balaban J connectivity index is 1.82. The van der Waals surface area contributed by atoms with Crippen molar-refractivity contribution < 1.29 is 38.5 Å². The molecule has 4 unspecified atom stereocenters.